The summed E-state index contributed by atoms with van der Waals surface area (Å²) >= 11 is 1.54. The molecule has 2 bridgehead atoms. The zero-order valence-electron chi connectivity index (χ0n) is 27.9. The van der Waals surface area contributed by atoms with Crippen LogP contribution < -0.4 is 10.6 Å². The molecule has 256 valence electrons. The third-order valence-electron chi connectivity index (χ3n) is 8.29. The average molecular weight is 692 g/mol. The van der Waals surface area contributed by atoms with Gasteiger partial charge >= 0.3 is 0 Å². The summed E-state index contributed by atoms with van der Waals surface area (Å²) in [6.07, 6.45) is 18.1. The van der Waals surface area contributed by atoms with Gasteiger partial charge in [0.1, 0.15) is 24.0 Å². The molecular formula is C39H38FN5O4S. The van der Waals surface area contributed by atoms with Crippen molar-refractivity contribution in [2.24, 2.45) is 7.05 Å². The Morgan fingerprint density at radius 2 is 1.94 bits per heavy atom. The molecule has 4 aromatic rings. The third kappa shape index (κ3) is 7.90. The predicted octanol–water partition coefficient (Wildman–Crippen LogP) is 5.78. The van der Waals surface area contributed by atoms with E-state index in [1.165, 1.54) is 23.5 Å². The van der Waals surface area contributed by atoms with Gasteiger partial charge < -0.3 is 19.1 Å². The summed E-state index contributed by atoms with van der Waals surface area (Å²) in [5.74, 6) is 0.197. The summed E-state index contributed by atoms with van der Waals surface area (Å²) in [5, 5.41) is 8.79. The molecule has 0 spiro atoms. The number of carbonyl (C=O) groups excluding carboxylic acids is 1. The second-order valence-electron chi connectivity index (χ2n) is 11.6. The molecule has 4 aromatic heterocycles. The number of aromatic nitrogens is 4. The van der Waals surface area contributed by atoms with Crippen molar-refractivity contribution in [3.8, 4) is 11.3 Å². The molecule has 0 aromatic carbocycles. The highest BCUT2D eigenvalue weighted by atomic mass is 32.1. The molecule has 0 aliphatic carbocycles. The Bertz CT molecular complexity index is 2180. The molecule has 9 nitrogen and oxygen atoms in total. The SMILES string of the molecule is C=CC(=O)N1CCc2ncc(-c3nc4c5ccsc5c3/C=C(/C=C(/F)C=C)OCCOC/C=C/CCOC(/C=c3\c(=C)cnn3C)=C\4)cc2C1. The first-order valence-electron chi connectivity index (χ1n) is 16.3. The van der Waals surface area contributed by atoms with Gasteiger partial charge in [-0.15, -0.1) is 11.3 Å². The number of carbonyl (C=O) groups is 1. The summed E-state index contributed by atoms with van der Waals surface area (Å²) in [7, 11) is 1.86. The van der Waals surface area contributed by atoms with E-state index >= 15 is 0 Å². The Morgan fingerprint density at radius 3 is 2.74 bits per heavy atom. The van der Waals surface area contributed by atoms with Crippen LogP contribution in [-0.4, -0.2) is 63.5 Å². The van der Waals surface area contributed by atoms with Crippen molar-refractivity contribution in [3.63, 3.8) is 0 Å². The van der Waals surface area contributed by atoms with Gasteiger partial charge in [-0.1, -0.05) is 31.9 Å². The average Bonchev–Trinajstić information content (AvgIpc) is 3.75. The third-order valence-corrected chi connectivity index (χ3v) is 9.23. The molecule has 0 saturated heterocycles. The zero-order chi connectivity index (χ0) is 35.0. The monoisotopic (exact) mass is 691 g/mol. The molecule has 0 atom stereocenters. The van der Waals surface area contributed by atoms with Crippen LogP contribution in [0.2, 0.25) is 0 Å². The highest BCUT2D eigenvalue weighted by molar-refractivity contribution is 7.17. The predicted molar refractivity (Wildman–Crippen MR) is 196 cm³/mol. The highest BCUT2D eigenvalue weighted by Gasteiger charge is 2.23. The smallest absolute Gasteiger partial charge is 0.246 e. The minimum Gasteiger partial charge on any atom is -0.493 e. The van der Waals surface area contributed by atoms with Gasteiger partial charge in [-0.3, -0.25) is 14.5 Å². The lowest BCUT2D eigenvalue weighted by Gasteiger charge is -2.27. The van der Waals surface area contributed by atoms with Crippen molar-refractivity contribution in [2.45, 2.75) is 19.4 Å². The van der Waals surface area contributed by atoms with E-state index in [0.717, 1.165) is 49.1 Å². The lowest BCUT2D eigenvalue weighted by Crippen LogP contribution is -2.35. The van der Waals surface area contributed by atoms with Crippen molar-refractivity contribution >= 4 is 52.1 Å². The molecule has 1 amide bonds. The Morgan fingerprint density at radius 1 is 1.08 bits per heavy atom. The number of halogens is 1. The summed E-state index contributed by atoms with van der Waals surface area (Å²) in [6.45, 7) is 13.7. The molecule has 0 saturated carbocycles. The van der Waals surface area contributed by atoms with Crippen LogP contribution in [0.3, 0.4) is 0 Å². The number of fused-ring (bicyclic) bond motifs is 12. The van der Waals surface area contributed by atoms with E-state index in [-0.39, 0.29) is 18.3 Å². The van der Waals surface area contributed by atoms with E-state index in [4.69, 9.17) is 24.2 Å². The van der Waals surface area contributed by atoms with E-state index in [1.807, 2.05) is 48.9 Å². The Balaban J connectivity index is 1.60. The molecule has 0 fully saturated rings. The van der Waals surface area contributed by atoms with Gasteiger partial charge in [0, 0.05) is 83.1 Å². The summed E-state index contributed by atoms with van der Waals surface area (Å²) in [6, 6.07) is 4.03. The Kier molecular flexibility index (Phi) is 10.9. The van der Waals surface area contributed by atoms with Crippen molar-refractivity contribution < 1.29 is 23.4 Å². The van der Waals surface area contributed by atoms with E-state index in [0.29, 0.717) is 62.9 Å². The van der Waals surface area contributed by atoms with Crippen molar-refractivity contribution in [1.29, 1.82) is 0 Å². The van der Waals surface area contributed by atoms with Crippen LogP contribution in [0, 0.1) is 0 Å². The number of nitrogens with zero attached hydrogens (tertiary/aromatic N) is 5. The first-order valence-corrected chi connectivity index (χ1v) is 17.1. The Hall–Kier alpha value is -5.39. The molecule has 11 heteroatoms. The van der Waals surface area contributed by atoms with Crippen molar-refractivity contribution in [1.82, 2.24) is 24.6 Å². The van der Waals surface area contributed by atoms with Crippen LogP contribution in [0.1, 0.15) is 28.9 Å². The number of aryl methyl sites for hydroxylation is 1. The molecule has 7 heterocycles. The van der Waals surface area contributed by atoms with Crippen LogP contribution in [0.5, 0.6) is 0 Å². The number of rotatable bonds is 5. The van der Waals surface area contributed by atoms with Crippen LogP contribution in [-0.2, 0) is 39.0 Å². The van der Waals surface area contributed by atoms with E-state index in [1.54, 1.807) is 28.1 Å². The summed E-state index contributed by atoms with van der Waals surface area (Å²) < 4.78 is 35.5. The van der Waals surface area contributed by atoms with Crippen LogP contribution in [0.15, 0.2) is 90.8 Å². The first kappa shape index (κ1) is 34.5. The van der Waals surface area contributed by atoms with Crippen molar-refractivity contribution in [2.75, 3.05) is 33.0 Å². The topological polar surface area (TPSA) is 91.6 Å². The number of hydrogen-bond acceptors (Lipinski definition) is 8. The fourth-order valence-electron chi connectivity index (χ4n) is 5.74. The van der Waals surface area contributed by atoms with Crippen LogP contribution in [0.25, 0.3) is 46.2 Å². The summed E-state index contributed by atoms with van der Waals surface area (Å²) in [4.78, 5) is 24.3. The second kappa shape index (κ2) is 15.9. The maximum Gasteiger partial charge on any atom is 0.246 e. The lowest BCUT2D eigenvalue weighted by atomic mass is 9.98. The van der Waals surface area contributed by atoms with Gasteiger partial charge in [-0.25, -0.2) is 9.37 Å². The van der Waals surface area contributed by atoms with Crippen molar-refractivity contribution in [3.05, 3.63) is 124 Å². The molecule has 0 N–H and O–H groups in total. The van der Waals surface area contributed by atoms with Gasteiger partial charge in [0.2, 0.25) is 5.91 Å². The zero-order valence-corrected chi connectivity index (χ0v) is 28.8. The van der Waals surface area contributed by atoms with E-state index < -0.39 is 5.83 Å². The number of hydrogen-bond donors (Lipinski definition) is 0. The number of thiophene rings is 1. The van der Waals surface area contributed by atoms with Gasteiger partial charge in [0.25, 0.3) is 0 Å². The molecular weight excluding hydrogens is 654 g/mol. The van der Waals surface area contributed by atoms with Gasteiger partial charge in [-0.05, 0) is 47.7 Å². The van der Waals surface area contributed by atoms with Crippen LogP contribution >= 0.6 is 11.3 Å². The fourth-order valence-corrected chi connectivity index (χ4v) is 6.66. The Labute approximate surface area is 294 Å². The summed E-state index contributed by atoms with van der Waals surface area (Å²) in [5.41, 5.74) is 4.61. The fraction of sp³-hybridized carbons (Fsp3) is 0.231. The molecule has 7 rings (SSSR count). The van der Waals surface area contributed by atoms with E-state index in [9.17, 15) is 9.18 Å². The largest absolute Gasteiger partial charge is 0.493 e. The minimum atomic E-state index is -0.543. The lowest BCUT2D eigenvalue weighted by molar-refractivity contribution is -0.126. The minimum absolute atomic E-state index is 0.130. The van der Waals surface area contributed by atoms with E-state index in [2.05, 4.69) is 24.8 Å². The number of allylic oxidation sites excluding steroid dienone is 4. The molecule has 3 aliphatic heterocycles. The number of pyridine rings is 2. The van der Waals surface area contributed by atoms with Gasteiger partial charge in [0.05, 0.1) is 42.8 Å². The number of amides is 1. The first-order chi connectivity index (χ1) is 24.3. The van der Waals surface area contributed by atoms with Gasteiger partial charge in [-0.2, -0.15) is 5.10 Å². The quantitative estimate of drug-likeness (QED) is 0.149. The highest BCUT2D eigenvalue weighted by Crippen LogP contribution is 2.37. The molecule has 50 heavy (non-hydrogen) atoms. The maximum absolute atomic E-state index is 14.7. The number of ether oxygens (including phenoxy) is 3. The maximum atomic E-state index is 14.7. The standard InChI is InChI=1S/C39H38FN5O4S/c1-5-29(40)19-30-20-33-38(27-18-28-25-45(37(46)6-2)12-10-34(28)41-24-27)43-35(32-11-17-50-39(32)33)21-31(22-36-26(3)23-42-44(36)4)48-14-9-7-8-13-47-15-16-49-30/h5-8,11,17-24H,1-3,9-10,12-16,25H2,4H3/b8-7+,29-19+,30-20-,31-21-,36-22+. The van der Waals surface area contributed by atoms with Crippen LogP contribution in [0.4, 0.5) is 4.39 Å². The normalized spacial score (nSPS) is 19.2. The molecule has 3 aliphatic rings. The molecule has 0 radical (unpaired) electrons. The second-order valence-corrected chi connectivity index (χ2v) is 12.6. The molecule has 0 unspecified atom stereocenters. The van der Waals surface area contributed by atoms with Gasteiger partial charge in [0.15, 0.2) is 0 Å².